The van der Waals surface area contributed by atoms with Crippen molar-refractivity contribution in [1.82, 2.24) is 0 Å². The van der Waals surface area contributed by atoms with Crippen molar-refractivity contribution < 1.29 is 0 Å². The van der Waals surface area contributed by atoms with Crippen LogP contribution in [0.25, 0.3) is 0 Å². The molecule has 0 nitrogen and oxygen atoms in total. The van der Waals surface area contributed by atoms with Crippen LogP contribution in [0.1, 0.15) is 38.5 Å². The van der Waals surface area contributed by atoms with Gasteiger partial charge in [0.1, 0.15) is 0 Å². The molecule has 0 spiro atoms. The van der Waals surface area contributed by atoms with Gasteiger partial charge in [-0.05, 0) is 0 Å². The first-order valence-electron chi connectivity index (χ1n) is 4.27. The molecular weight excluding hydrogens is 351 g/mol. The maximum atomic E-state index is 1.64. The molecule has 2 aliphatic rings. The fourth-order valence-electron chi connectivity index (χ4n) is 1.09. The van der Waals surface area contributed by atoms with E-state index in [1.165, 1.54) is 7.93 Å². The summed E-state index contributed by atoms with van der Waals surface area (Å²) in [5.41, 5.74) is 0. The molecular formula is C8H14Te2. The molecule has 2 saturated carbocycles. The van der Waals surface area contributed by atoms with E-state index in [-0.39, 0.29) is 0 Å². The van der Waals surface area contributed by atoms with Gasteiger partial charge in [0, 0.05) is 0 Å². The van der Waals surface area contributed by atoms with Gasteiger partial charge in [0.25, 0.3) is 0 Å². The molecule has 0 saturated heterocycles. The van der Waals surface area contributed by atoms with Crippen LogP contribution in [0.15, 0.2) is 0 Å². The molecule has 2 rings (SSSR count). The SMILES string of the molecule is C1CC([Te][Te]C2CCC2)C1. The summed E-state index contributed by atoms with van der Waals surface area (Å²) in [6, 6.07) is 0. The van der Waals surface area contributed by atoms with Gasteiger partial charge in [-0.25, -0.2) is 0 Å². The van der Waals surface area contributed by atoms with E-state index in [0.29, 0.717) is 34.1 Å². The number of hydrogen-bond acceptors (Lipinski definition) is 0. The molecule has 10 heavy (non-hydrogen) atoms. The summed E-state index contributed by atoms with van der Waals surface area (Å²) >= 11 is 1.24. The minimum absolute atomic E-state index is 0.619. The normalized spacial score (nSPS) is 27.6. The van der Waals surface area contributed by atoms with Gasteiger partial charge in [0.05, 0.1) is 0 Å². The van der Waals surface area contributed by atoms with Gasteiger partial charge in [-0.2, -0.15) is 0 Å². The van der Waals surface area contributed by atoms with Gasteiger partial charge in [-0.1, -0.05) is 0 Å². The van der Waals surface area contributed by atoms with E-state index in [1.54, 1.807) is 38.5 Å². The Labute approximate surface area is 79.9 Å². The van der Waals surface area contributed by atoms with Crippen LogP contribution in [-0.2, 0) is 0 Å². The second-order valence-corrected chi connectivity index (χ2v) is 15.6. The van der Waals surface area contributed by atoms with Crippen LogP contribution in [-0.4, -0.2) is 34.1 Å². The Kier molecular flexibility index (Phi) is 3.28. The van der Waals surface area contributed by atoms with Crippen molar-refractivity contribution in [2.75, 3.05) is 0 Å². The molecule has 0 amide bonds. The van der Waals surface area contributed by atoms with E-state index in [4.69, 9.17) is 0 Å². The molecule has 0 aromatic carbocycles. The Balaban J connectivity index is 1.54. The first-order chi connectivity index (χ1) is 4.95. The Morgan fingerprint density at radius 1 is 0.700 bits per heavy atom. The van der Waals surface area contributed by atoms with Crippen LogP contribution in [0.5, 0.6) is 0 Å². The molecule has 2 heteroatoms. The van der Waals surface area contributed by atoms with Crippen molar-refractivity contribution in [2.24, 2.45) is 0 Å². The second kappa shape index (κ2) is 4.00. The monoisotopic (exact) mass is 370 g/mol. The van der Waals surface area contributed by atoms with Gasteiger partial charge in [-0.3, -0.25) is 0 Å². The summed E-state index contributed by atoms with van der Waals surface area (Å²) < 4.78 is 2.68. The van der Waals surface area contributed by atoms with Gasteiger partial charge in [0.2, 0.25) is 0 Å². The van der Waals surface area contributed by atoms with Gasteiger partial charge in [-0.15, -0.1) is 0 Å². The molecule has 0 aromatic heterocycles. The molecule has 2 fully saturated rings. The van der Waals surface area contributed by atoms with E-state index < -0.39 is 0 Å². The molecule has 0 bridgehead atoms. The van der Waals surface area contributed by atoms with Crippen molar-refractivity contribution in [3.8, 4) is 0 Å². The van der Waals surface area contributed by atoms with Crippen LogP contribution < -0.4 is 0 Å². The van der Waals surface area contributed by atoms with E-state index in [2.05, 4.69) is 0 Å². The maximum absolute atomic E-state index is 1.64. The Morgan fingerprint density at radius 3 is 1.30 bits per heavy atom. The average Bonchev–Trinajstić information content (AvgIpc) is 1.70. The molecule has 2 aliphatic carbocycles. The molecule has 0 radical (unpaired) electrons. The third kappa shape index (κ3) is 2.04. The predicted molar refractivity (Wildman–Crippen MR) is 46.7 cm³/mol. The Morgan fingerprint density at radius 2 is 1.10 bits per heavy atom. The summed E-state index contributed by atoms with van der Waals surface area (Å²) in [6.07, 6.45) is 9.71. The summed E-state index contributed by atoms with van der Waals surface area (Å²) in [7, 11) is 0. The van der Waals surface area contributed by atoms with Gasteiger partial charge < -0.3 is 0 Å². The zero-order chi connectivity index (χ0) is 6.81. The standard InChI is InChI=1S/C8H14Te2/c1-3-7(4-1)9-10-8-5-2-6-8/h7-8H,1-6H2. The van der Waals surface area contributed by atoms with Crippen LogP contribution in [0.3, 0.4) is 0 Å². The third-order valence-electron chi connectivity index (χ3n) is 2.43. The van der Waals surface area contributed by atoms with E-state index in [0.717, 1.165) is 0 Å². The zero-order valence-electron chi connectivity index (χ0n) is 6.21. The van der Waals surface area contributed by atoms with Crippen LogP contribution in [0.4, 0.5) is 0 Å². The molecule has 58 valence electrons. The molecule has 0 heterocycles. The Bertz CT molecular complexity index is 91.8. The van der Waals surface area contributed by atoms with Gasteiger partial charge in [0.15, 0.2) is 0 Å². The van der Waals surface area contributed by atoms with Crippen molar-refractivity contribution in [2.45, 2.75) is 46.5 Å². The van der Waals surface area contributed by atoms with E-state index in [1.807, 2.05) is 0 Å². The molecule has 0 atom stereocenters. The fraction of sp³-hybridized carbons (Fsp3) is 1.00. The number of hydrogen-bond donors (Lipinski definition) is 0. The molecule has 0 N–H and O–H groups in total. The van der Waals surface area contributed by atoms with Crippen molar-refractivity contribution in [1.29, 1.82) is 0 Å². The molecule has 0 aliphatic heterocycles. The minimum atomic E-state index is 0.619. The van der Waals surface area contributed by atoms with E-state index >= 15 is 0 Å². The number of rotatable bonds is 3. The predicted octanol–water partition coefficient (Wildman–Crippen LogP) is 2.25. The zero-order valence-corrected chi connectivity index (χ0v) is 10.9. The van der Waals surface area contributed by atoms with Crippen molar-refractivity contribution >= 4 is 34.1 Å². The average molecular weight is 365 g/mol. The quantitative estimate of drug-likeness (QED) is 0.673. The molecule has 0 aromatic rings. The van der Waals surface area contributed by atoms with Crippen molar-refractivity contribution in [3.05, 3.63) is 0 Å². The summed E-state index contributed by atoms with van der Waals surface area (Å²) in [4.78, 5) is 0. The topological polar surface area (TPSA) is 0 Å². The second-order valence-electron chi connectivity index (χ2n) is 3.30. The summed E-state index contributed by atoms with van der Waals surface area (Å²) in [5.74, 6) is 0. The Hall–Kier alpha value is 1.58. The summed E-state index contributed by atoms with van der Waals surface area (Å²) in [5, 5.41) is 0. The van der Waals surface area contributed by atoms with Gasteiger partial charge >= 0.3 is 80.6 Å². The van der Waals surface area contributed by atoms with E-state index in [9.17, 15) is 0 Å². The first kappa shape index (κ1) is 8.19. The third-order valence-corrected chi connectivity index (χ3v) is 19.5. The fourth-order valence-corrected chi connectivity index (χ4v) is 18.4. The van der Waals surface area contributed by atoms with Crippen LogP contribution >= 0.6 is 0 Å². The first-order valence-corrected chi connectivity index (χ1v) is 14.3. The summed E-state index contributed by atoms with van der Waals surface area (Å²) in [6.45, 7) is 0. The van der Waals surface area contributed by atoms with Crippen LogP contribution in [0.2, 0.25) is 7.93 Å². The molecule has 0 unspecified atom stereocenters. The van der Waals surface area contributed by atoms with Crippen LogP contribution in [0, 0.1) is 0 Å². The van der Waals surface area contributed by atoms with Crippen molar-refractivity contribution in [3.63, 3.8) is 0 Å².